The van der Waals surface area contributed by atoms with Gasteiger partial charge in [-0.1, -0.05) is 176 Å². The fraction of sp³-hybridized carbons (Fsp3) is 0. The smallest absolute Gasteiger partial charge is 0.235 e. The molecule has 0 unspecified atom stereocenters. The molecule has 1 aliphatic carbocycles. The van der Waals surface area contributed by atoms with E-state index in [1.165, 1.54) is 71.3 Å². The topological polar surface area (TPSA) is 35.6 Å². The van der Waals surface area contributed by atoms with Crippen molar-refractivity contribution in [1.82, 2.24) is 19.1 Å². The summed E-state index contributed by atoms with van der Waals surface area (Å²) in [5.74, 6) is 0.654. The van der Waals surface area contributed by atoms with Crippen LogP contribution in [-0.2, 0) is 0 Å². The zero-order valence-corrected chi connectivity index (χ0v) is 33.6. The third-order valence-electron chi connectivity index (χ3n) is 12.7. The van der Waals surface area contributed by atoms with Crippen LogP contribution in [0.25, 0.3) is 122 Å². The standard InChI is InChI=1S/C58H36N4/c1-4-14-39(15-5-1)50-36-51(40-16-6-2-7-17-40)60-58(59-50)62-53-33-31-42(34-49(53)56-47-23-12-18-41-19-13-24-48(55(41)47)57(56)62)37-26-28-38(29-27-37)43-30-32-46-45-22-10-11-25-52(45)61(54(46)35-43)44-20-8-3-9-21-44/h1-36H. The van der Waals surface area contributed by atoms with Gasteiger partial charge in [-0.15, -0.1) is 0 Å². The van der Waals surface area contributed by atoms with Gasteiger partial charge in [-0.25, -0.2) is 9.97 Å². The average Bonchev–Trinajstić information content (AvgIpc) is 3.98. The van der Waals surface area contributed by atoms with Crippen LogP contribution < -0.4 is 0 Å². The van der Waals surface area contributed by atoms with Crippen LogP contribution in [-0.4, -0.2) is 19.1 Å². The van der Waals surface area contributed by atoms with E-state index in [1.807, 2.05) is 12.1 Å². The first-order chi connectivity index (χ1) is 30.7. The van der Waals surface area contributed by atoms with E-state index in [9.17, 15) is 0 Å². The summed E-state index contributed by atoms with van der Waals surface area (Å²) in [7, 11) is 0. The molecule has 4 heteroatoms. The van der Waals surface area contributed by atoms with Gasteiger partial charge in [0.1, 0.15) is 0 Å². The van der Waals surface area contributed by atoms with Gasteiger partial charge in [0.2, 0.25) is 5.95 Å². The van der Waals surface area contributed by atoms with E-state index in [1.54, 1.807) is 0 Å². The van der Waals surface area contributed by atoms with Crippen molar-refractivity contribution in [3.63, 3.8) is 0 Å². The lowest BCUT2D eigenvalue weighted by atomic mass is 9.97. The molecule has 0 bridgehead atoms. The zero-order valence-electron chi connectivity index (χ0n) is 33.6. The normalized spacial score (nSPS) is 11.9. The molecule has 288 valence electrons. The molecule has 13 rings (SSSR count). The Bertz CT molecular complexity index is 3650. The average molecular weight is 789 g/mol. The molecular weight excluding hydrogens is 753 g/mol. The van der Waals surface area contributed by atoms with Gasteiger partial charge in [-0.05, 0) is 81.1 Å². The second-order valence-corrected chi connectivity index (χ2v) is 16.2. The third kappa shape index (κ3) is 5.27. The molecule has 12 aromatic rings. The minimum Gasteiger partial charge on any atom is -0.309 e. The van der Waals surface area contributed by atoms with Crippen molar-refractivity contribution in [2.75, 3.05) is 0 Å². The summed E-state index contributed by atoms with van der Waals surface area (Å²) < 4.78 is 4.68. The van der Waals surface area contributed by atoms with Gasteiger partial charge in [0.05, 0.1) is 33.6 Å². The molecule has 0 atom stereocenters. The fourth-order valence-corrected chi connectivity index (χ4v) is 9.86. The second kappa shape index (κ2) is 13.6. The van der Waals surface area contributed by atoms with Crippen molar-refractivity contribution in [2.45, 2.75) is 0 Å². The first-order valence-corrected chi connectivity index (χ1v) is 21.2. The molecule has 9 aromatic carbocycles. The predicted octanol–water partition coefficient (Wildman–Crippen LogP) is 15.0. The van der Waals surface area contributed by atoms with Crippen LogP contribution in [0.4, 0.5) is 0 Å². The molecule has 3 aromatic heterocycles. The van der Waals surface area contributed by atoms with Gasteiger partial charge >= 0.3 is 0 Å². The Morgan fingerprint density at radius 1 is 0.323 bits per heavy atom. The molecule has 0 saturated heterocycles. The predicted molar refractivity (Wildman–Crippen MR) is 257 cm³/mol. The van der Waals surface area contributed by atoms with Gasteiger partial charge in [0.25, 0.3) is 0 Å². The number of aromatic nitrogens is 4. The lowest BCUT2D eigenvalue weighted by Gasteiger charge is -2.14. The maximum Gasteiger partial charge on any atom is 0.235 e. The number of para-hydroxylation sites is 2. The van der Waals surface area contributed by atoms with Crippen LogP contribution in [0, 0.1) is 0 Å². The largest absolute Gasteiger partial charge is 0.309 e. The minimum atomic E-state index is 0.654. The van der Waals surface area contributed by atoms with Crippen molar-refractivity contribution < 1.29 is 0 Å². The molecule has 0 saturated carbocycles. The summed E-state index contributed by atoms with van der Waals surface area (Å²) in [6, 6.07) is 78.4. The van der Waals surface area contributed by atoms with Crippen LogP contribution in [0.3, 0.4) is 0 Å². The number of nitrogens with zero attached hydrogens (tertiary/aromatic N) is 4. The van der Waals surface area contributed by atoms with Gasteiger partial charge in [0, 0.05) is 44.1 Å². The van der Waals surface area contributed by atoms with E-state index in [2.05, 4.69) is 215 Å². The van der Waals surface area contributed by atoms with Gasteiger partial charge in [-0.3, -0.25) is 4.57 Å². The fourth-order valence-electron chi connectivity index (χ4n) is 9.86. The van der Waals surface area contributed by atoms with Crippen molar-refractivity contribution in [1.29, 1.82) is 0 Å². The SMILES string of the molecule is c1ccc(-c2cc(-c3ccccc3)nc(-n3c4c(c5cc(-c6ccc(-c7ccc8c9ccccc9n(-c9ccccc9)c8c7)cc6)ccc53)-c3cccc5cccc-4c35)n2)cc1. The number of rotatable bonds is 6. The Morgan fingerprint density at radius 2 is 0.871 bits per heavy atom. The summed E-state index contributed by atoms with van der Waals surface area (Å²) in [4.78, 5) is 10.7. The monoisotopic (exact) mass is 788 g/mol. The van der Waals surface area contributed by atoms with Gasteiger partial charge < -0.3 is 4.57 Å². The highest BCUT2D eigenvalue weighted by Crippen LogP contribution is 2.53. The lowest BCUT2D eigenvalue weighted by Crippen LogP contribution is -2.05. The molecule has 4 nitrogen and oxygen atoms in total. The van der Waals surface area contributed by atoms with E-state index in [0.717, 1.165) is 45.0 Å². The molecular formula is C58H36N4. The van der Waals surface area contributed by atoms with E-state index in [0.29, 0.717) is 5.95 Å². The second-order valence-electron chi connectivity index (χ2n) is 16.2. The highest BCUT2D eigenvalue weighted by Gasteiger charge is 2.31. The zero-order chi connectivity index (χ0) is 40.7. The first kappa shape index (κ1) is 34.5. The summed E-state index contributed by atoms with van der Waals surface area (Å²) in [6.45, 7) is 0. The summed E-state index contributed by atoms with van der Waals surface area (Å²) in [5, 5.41) is 6.20. The molecule has 1 aliphatic rings. The van der Waals surface area contributed by atoms with Crippen LogP contribution >= 0.6 is 0 Å². The quantitative estimate of drug-likeness (QED) is 0.168. The van der Waals surface area contributed by atoms with Crippen molar-refractivity contribution in [3.8, 4) is 78.8 Å². The summed E-state index contributed by atoms with van der Waals surface area (Å²) >= 11 is 0. The van der Waals surface area contributed by atoms with Crippen molar-refractivity contribution in [2.24, 2.45) is 0 Å². The van der Waals surface area contributed by atoms with Crippen molar-refractivity contribution >= 4 is 43.5 Å². The summed E-state index contributed by atoms with van der Waals surface area (Å²) in [6.07, 6.45) is 0. The number of fused-ring (bicyclic) bond motifs is 8. The Labute approximate surface area is 358 Å². The summed E-state index contributed by atoms with van der Waals surface area (Å²) in [5.41, 5.74) is 18.0. The minimum absolute atomic E-state index is 0.654. The number of hydrogen-bond acceptors (Lipinski definition) is 2. The Balaban J connectivity index is 0.970. The maximum atomic E-state index is 5.35. The molecule has 0 fully saturated rings. The van der Waals surface area contributed by atoms with Gasteiger partial charge in [-0.2, -0.15) is 0 Å². The first-order valence-electron chi connectivity index (χ1n) is 21.2. The highest BCUT2D eigenvalue weighted by molar-refractivity contribution is 6.22. The lowest BCUT2D eigenvalue weighted by molar-refractivity contribution is 0.977. The van der Waals surface area contributed by atoms with Crippen LogP contribution in [0.5, 0.6) is 0 Å². The Kier molecular flexibility index (Phi) is 7.57. The molecule has 0 radical (unpaired) electrons. The molecule has 0 spiro atoms. The number of benzene rings is 9. The third-order valence-corrected chi connectivity index (χ3v) is 12.7. The highest BCUT2D eigenvalue weighted by atomic mass is 15.2. The molecule has 0 aliphatic heterocycles. The Morgan fingerprint density at radius 3 is 1.56 bits per heavy atom. The van der Waals surface area contributed by atoms with Crippen LogP contribution in [0.1, 0.15) is 0 Å². The van der Waals surface area contributed by atoms with Crippen LogP contribution in [0.15, 0.2) is 218 Å². The van der Waals surface area contributed by atoms with E-state index in [4.69, 9.17) is 9.97 Å². The molecule has 0 N–H and O–H groups in total. The molecule has 3 heterocycles. The molecule has 62 heavy (non-hydrogen) atoms. The van der Waals surface area contributed by atoms with E-state index < -0.39 is 0 Å². The van der Waals surface area contributed by atoms with Crippen molar-refractivity contribution in [3.05, 3.63) is 218 Å². The van der Waals surface area contributed by atoms with E-state index >= 15 is 0 Å². The maximum absolute atomic E-state index is 5.35. The van der Waals surface area contributed by atoms with E-state index in [-0.39, 0.29) is 0 Å². The molecule has 0 amide bonds. The Hall–Kier alpha value is -8.34. The number of hydrogen-bond donors (Lipinski definition) is 0. The van der Waals surface area contributed by atoms with Crippen LogP contribution in [0.2, 0.25) is 0 Å². The van der Waals surface area contributed by atoms with Gasteiger partial charge in [0.15, 0.2) is 0 Å².